The van der Waals surface area contributed by atoms with E-state index in [1.807, 2.05) is 0 Å². The van der Waals surface area contributed by atoms with Crippen molar-refractivity contribution in [2.75, 3.05) is 0 Å². The fourth-order valence-corrected chi connectivity index (χ4v) is 4.38. The molecule has 0 aliphatic heterocycles. The van der Waals surface area contributed by atoms with Crippen molar-refractivity contribution >= 4 is 27.0 Å². The summed E-state index contributed by atoms with van der Waals surface area (Å²) in [4.78, 5) is 16.0. The molecule has 0 radical (unpaired) electrons. The lowest BCUT2D eigenvalue weighted by molar-refractivity contribution is -0.139. The van der Waals surface area contributed by atoms with Crippen molar-refractivity contribution in [1.29, 1.82) is 0 Å². The summed E-state index contributed by atoms with van der Waals surface area (Å²) in [6.07, 6.45) is -4.33. The lowest BCUT2D eigenvalue weighted by atomic mass is 10.2. The number of carbonyl (C=O) groups is 1. The number of carboxylic acid groups (broad SMARTS) is 1. The average molecular weight is 452 g/mol. The maximum Gasteiger partial charge on any atom is 0.511 e. The van der Waals surface area contributed by atoms with Gasteiger partial charge in [0.05, 0.1) is 38.8 Å². The highest BCUT2D eigenvalue weighted by atomic mass is 32.2. The molecule has 31 heavy (non-hydrogen) atoms. The first-order valence-corrected chi connectivity index (χ1v) is 9.91. The number of H-pyrrole nitrogens is 1. The summed E-state index contributed by atoms with van der Waals surface area (Å²) in [5, 5.41) is 12.4. The quantitative estimate of drug-likeness (QED) is 0.453. The molecule has 9 nitrogen and oxygen atoms in total. The molecule has 2 aromatic heterocycles. The van der Waals surface area contributed by atoms with Gasteiger partial charge in [-0.3, -0.25) is 0 Å². The number of halogens is 3. The Morgan fingerprint density at radius 1 is 1.16 bits per heavy atom. The second-order valence-corrected chi connectivity index (χ2v) is 8.15. The molecule has 13 heteroatoms. The number of benzene rings is 2. The molecule has 0 unspecified atom stereocenters. The van der Waals surface area contributed by atoms with Crippen LogP contribution in [0.1, 0.15) is 5.56 Å². The van der Waals surface area contributed by atoms with Crippen molar-refractivity contribution < 1.29 is 36.2 Å². The van der Waals surface area contributed by atoms with Gasteiger partial charge >= 0.3 is 12.3 Å². The van der Waals surface area contributed by atoms with Crippen LogP contribution in [0.4, 0.5) is 18.0 Å². The Bertz CT molecular complexity index is 1390. The van der Waals surface area contributed by atoms with Gasteiger partial charge in [0.2, 0.25) is 15.8 Å². The highest BCUT2D eigenvalue weighted by Gasteiger charge is 2.38. The number of imidazole rings is 1. The van der Waals surface area contributed by atoms with E-state index in [1.165, 1.54) is 24.3 Å². The molecule has 160 valence electrons. The number of rotatable bonds is 4. The lowest BCUT2D eigenvalue weighted by Crippen LogP contribution is -2.13. The molecule has 0 saturated heterocycles. The van der Waals surface area contributed by atoms with Gasteiger partial charge in [-0.05, 0) is 24.3 Å². The number of nitrogens with one attached hydrogen (secondary N) is 1. The largest absolute Gasteiger partial charge is 0.511 e. The van der Waals surface area contributed by atoms with E-state index in [0.717, 1.165) is 23.1 Å². The average Bonchev–Trinajstić information content (AvgIpc) is 3.32. The monoisotopic (exact) mass is 452 g/mol. The zero-order chi connectivity index (χ0) is 22.4. The molecule has 0 bridgehead atoms. The molecule has 0 atom stereocenters. The van der Waals surface area contributed by atoms with Gasteiger partial charge in [-0.1, -0.05) is 18.2 Å². The second-order valence-electron chi connectivity index (χ2n) is 6.23. The number of hydrogen-bond donors (Lipinski definition) is 2. The van der Waals surface area contributed by atoms with Gasteiger partial charge in [0, 0.05) is 0 Å². The van der Waals surface area contributed by atoms with Crippen molar-refractivity contribution in [3.8, 4) is 11.7 Å². The molecule has 0 saturated carbocycles. The van der Waals surface area contributed by atoms with E-state index in [4.69, 9.17) is 5.11 Å². The number of aromatic nitrogens is 4. The van der Waals surface area contributed by atoms with E-state index in [9.17, 15) is 26.4 Å². The van der Waals surface area contributed by atoms with Crippen LogP contribution < -0.4 is 4.74 Å². The summed E-state index contributed by atoms with van der Waals surface area (Å²) in [5.74, 6) is -0.214. The van der Waals surface area contributed by atoms with Crippen molar-refractivity contribution in [1.82, 2.24) is 19.7 Å². The van der Waals surface area contributed by atoms with Crippen LogP contribution in [0.25, 0.3) is 17.0 Å². The van der Waals surface area contributed by atoms with Crippen LogP contribution in [0.2, 0.25) is 0 Å². The van der Waals surface area contributed by atoms with Crippen molar-refractivity contribution in [2.45, 2.75) is 16.0 Å². The molecule has 0 aliphatic rings. The third-order valence-electron chi connectivity index (χ3n) is 4.20. The van der Waals surface area contributed by atoms with Gasteiger partial charge in [0.1, 0.15) is 0 Å². The van der Waals surface area contributed by atoms with E-state index in [0.29, 0.717) is 6.07 Å². The molecular weight excluding hydrogens is 441 g/mol. The van der Waals surface area contributed by atoms with Crippen LogP contribution in [0.15, 0.2) is 64.6 Å². The highest BCUT2D eigenvalue weighted by Crippen LogP contribution is 2.38. The molecule has 4 aromatic rings. The summed E-state index contributed by atoms with van der Waals surface area (Å²) in [7, 11) is -4.49. The summed E-state index contributed by atoms with van der Waals surface area (Å²) in [6, 6.07) is 8.23. The van der Waals surface area contributed by atoms with Gasteiger partial charge in [0.25, 0.3) is 0 Å². The first-order chi connectivity index (χ1) is 14.6. The normalized spacial score (nSPS) is 12.2. The highest BCUT2D eigenvalue weighted by molar-refractivity contribution is 7.91. The third kappa shape index (κ3) is 3.82. The number of nitrogens with zero attached hydrogens (tertiary/aromatic N) is 3. The topological polar surface area (TPSA) is 127 Å². The number of fused-ring (bicyclic) bond motifs is 1. The van der Waals surface area contributed by atoms with Crippen molar-refractivity contribution in [2.24, 2.45) is 0 Å². The predicted octanol–water partition coefficient (Wildman–Crippen LogP) is 3.66. The minimum atomic E-state index is -4.95. The summed E-state index contributed by atoms with van der Waals surface area (Å²) in [6.45, 7) is 0. The Morgan fingerprint density at radius 3 is 2.52 bits per heavy atom. The maximum absolute atomic E-state index is 13.7. The fourth-order valence-electron chi connectivity index (χ4n) is 2.88. The van der Waals surface area contributed by atoms with E-state index in [-0.39, 0.29) is 27.6 Å². The van der Waals surface area contributed by atoms with Gasteiger partial charge in [-0.15, -0.1) is 0 Å². The molecule has 0 spiro atoms. The van der Waals surface area contributed by atoms with Crippen LogP contribution >= 0.6 is 0 Å². The summed E-state index contributed by atoms with van der Waals surface area (Å²) in [5.41, 5.74) is -1.51. The Morgan fingerprint density at radius 2 is 1.87 bits per heavy atom. The fraction of sp³-hybridized carbons (Fsp3) is 0.0556. The Labute approximate surface area is 171 Å². The van der Waals surface area contributed by atoms with Crippen LogP contribution in [-0.4, -0.2) is 39.4 Å². The SMILES string of the molecule is O=C(O)Oc1cnn(-c2nc3cc(S(=O)(=O)c4ccccc4)c(C(F)(F)F)cc3[nH]2)c1. The summed E-state index contributed by atoms with van der Waals surface area (Å²) >= 11 is 0. The van der Waals surface area contributed by atoms with Crippen LogP contribution in [0.5, 0.6) is 5.75 Å². The van der Waals surface area contributed by atoms with E-state index in [1.54, 1.807) is 6.07 Å². The third-order valence-corrected chi connectivity index (χ3v) is 6.01. The first kappa shape index (κ1) is 20.4. The molecular formula is C18H11F3N4O5S. The van der Waals surface area contributed by atoms with Crippen LogP contribution in [0.3, 0.4) is 0 Å². The first-order valence-electron chi connectivity index (χ1n) is 8.42. The minimum Gasteiger partial charge on any atom is -0.449 e. The van der Waals surface area contributed by atoms with Gasteiger partial charge < -0.3 is 14.8 Å². The lowest BCUT2D eigenvalue weighted by Gasteiger charge is -2.13. The molecule has 0 fully saturated rings. The van der Waals surface area contributed by atoms with Gasteiger partial charge in [-0.25, -0.2) is 22.9 Å². The Kier molecular flexibility index (Phi) is 4.69. The molecule has 0 aliphatic carbocycles. The minimum absolute atomic E-state index is 0.0614. The van der Waals surface area contributed by atoms with E-state index < -0.39 is 32.6 Å². The predicted molar refractivity (Wildman–Crippen MR) is 98.8 cm³/mol. The zero-order valence-corrected chi connectivity index (χ0v) is 16.0. The molecule has 2 heterocycles. The van der Waals surface area contributed by atoms with E-state index in [2.05, 4.69) is 19.8 Å². The molecule has 2 aromatic carbocycles. The second kappa shape index (κ2) is 7.12. The Hall–Kier alpha value is -3.87. The smallest absolute Gasteiger partial charge is 0.449 e. The number of sulfone groups is 1. The van der Waals surface area contributed by atoms with Gasteiger partial charge in [0.15, 0.2) is 5.75 Å². The summed E-state index contributed by atoms with van der Waals surface area (Å²) < 4.78 is 72.3. The maximum atomic E-state index is 13.7. The number of aromatic amines is 1. The molecule has 0 amide bonds. The van der Waals surface area contributed by atoms with Crippen LogP contribution in [-0.2, 0) is 16.0 Å². The van der Waals surface area contributed by atoms with Crippen LogP contribution in [0, 0.1) is 0 Å². The number of hydrogen-bond acceptors (Lipinski definition) is 6. The Balaban J connectivity index is 1.88. The van der Waals surface area contributed by atoms with E-state index >= 15 is 0 Å². The number of alkyl halides is 3. The standard InChI is InChI=1S/C18H11F3N4O5S/c19-18(20,21)12-6-13-14(7-15(12)31(28,29)11-4-2-1-3-5-11)24-16(23-13)25-9-10(8-22-25)30-17(26)27/h1-9H,(H,23,24)(H,26,27). The number of ether oxygens (including phenoxy) is 1. The van der Waals surface area contributed by atoms with Crippen molar-refractivity contribution in [3.05, 3.63) is 60.4 Å². The molecule has 2 N–H and O–H groups in total. The molecule has 4 rings (SSSR count). The van der Waals surface area contributed by atoms with Crippen molar-refractivity contribution in [3.63, 3.8) is 0 Å². The zero-order valence-electron chi connectivity index (χ0n) is 15.2. The van der Waals surface area contributed by atoms with Gasteiger partial charge in [-0.2, -0.15) is 18.3 Å².